The maximum atomic E-state index is 11.3. The monoisotopic (exact) mass is 274 g/mol. The van der Waals surface area contributed by atoms with Crippen LogP contribution in [-0.4, -0.2) is 54.9 Å². The first-order valence-corrected chi connectivity index (χ1v) is 6.53. The van der Waals surface area contributed by atoms with E-state index in [9.17, 15) is 9.59 Å². The van der Waals surface area contributed by atoms with Crippen LogP contribution in [0.1, 0.15) is 6.42 Å². The number of carbonyl (C=O) groups is 2. The third-order valence-corrected chi connectivity index (χ3v) is 2.81. The summed E-state index contributed by atoms with van der Waals surface area (Å²) in [4.78, 5) is 21.8. The fourth-order valence-electron chi connectivity index (χ4n) is 1.07. The van der Waals surface area contributed by atoms with Gasteiger partial charge in [0.1, 0.15) is 0 Å². The number of terminal acetylenes is 1. The van der Waals surface area contributed by atoms with Crippen LogP contribution in [0.5, 0.6) is 0 Å². The van der Waals surface area contributed by atoms with Crippen LogP contribution in [-0.2, 0) is 9.53 Å². The largest absolute Gasteiger partial charge is 0.481 e. The SMILES string of the molecule is C#CCSCCNC(=O)NCC(CC(=O)O)OC. The lowest BCUT2D eigenvalue weighted by atomic mass is 10.2. The van der Waals surface area contributed by atoms with Crippen molar-refractivity contribution in [3.05, 3.63) is 0 Å². The smallest absolute Gasteiger partial charge is 0.314 e. The molecule has 0 heterocycles. The van der Waals surface area contributed by atoms with Crippen LogP contribution >= 0.6 is 11.8 Å². The number of nitrogens with one attached hydrogen (secondary N) is 2. The lowest BCUT2D eigenvalue weighted by Gasteiger charge is -2.14. The van der Waals surface area contributed by atoms with Gasteiger partial charge in [-0.1, -0.05) is 5.92 Å². The Kier molecular flexibility index (Phi) is 9.91. The minimum atomic E-state index is -0.963. The van der Waals surface area contributed by atoms with Gasteiger partial charge in [-0.25, -0.2) is 4.79 Å². The summed E-state index contributed by atoms with van der Waals surface area (Å²) >= 11 is 1.55. The second-order valence-corrected chi connectivity index (χ2v) is 4.45. The van der Waals surface area contributed by atoms with Crippen LogP contribution in [0.4, 0.5) is 4.79 Å². The highest BCUT2D eigenvalue weighted by Gasteiger charge is 2.13. The van der Waals surface area contributed by atoms with Crippen molar-refractivity contribution in [3.8, 4) is 12.3 Å². The summed E-state index contributed by atoms with van der Waals surface area (Å²) in [6.45, 7) is 0.668. The molecule has 18 heavy (non-hydrogen) atoms. The molecule has 0 fully saturated rings. The van der Waals surface area contributed by atoms with Crippen molar-refractivity contribution in [1.82, 2.24) is 10.6 Å². The predicted octanol–water partition coefficient (Wildman–Crippen LogP) is 0.142. The zero-order valence-electron chi connectivity index (χ0n) is 10.3. The van der Waals surface area contributed by atoms with Crippen LogP contribution < -0.4 is 10.6 Å². The van der Waals surface area contributed by atoms with Gasteiger partial charge in [-0.2, -0.15) is 0 Å². The lowest BCUT2D eigenvalue weighted by Crippen LogP contribution is -2.41. The molecule has 0 rings (SSSR count). The van der Waals surface area contributed by atoms with E-state index < -0.39 is 12.1 Å². The molecule has 3 N–H and O–H groups in total. The summed E-state index contributed by atoms with van der Waals surface area (Å²) in [5.41, 5.74) is 0. The number of ether oxygens (including phenoxy) is 1. The third-order valence-electron chi connectivity index (χ3n) is 1.94. The molecule has 0 spiro atoms. The minimum Gasteiger partial charge on any atom is -0.481 e. The van der Waals surface area contributed by atoms with E-state index in [2.05, 4.69) is 16.6 Å². The Morgan fingerprint density at radius 3 is 2.78 bits per heavy atom. The lowest BCUT2D eigenvalue weighted by molar-refractivity contribution is -0.139. The number of hydrogen-bond acceptors (Lipinski definition) is 4. The molecule has 0 saturated carbocycles. The van der Waals surface area contributed by atoms with Gasteiger partial charge in [0.05, 0.1) is 18.3 Å². The maximum Gasteiger partial charge on any atom is 0.314 e. The van der Waals surface area contributed by atoms with E-state index >= 15 is 0 Å². The van der Waals surface area contributed by atoms with E-state index in [1.807, 2.05) is 0 Å². The number of carboxylic acids is 1. The number of carboxylic acid groups (broad SMARTS) is 1. The average Bonchev–Trinajstić information content (AvgIpc) is 2.33. The number of aliphatic carboxylic acids is 1. The maximum absolute atomic E-state index is 11.3. The Labute approximate surface area is 111 Å². The van der Waals surface area contributed by atoms with Crippen LogP contribution in [0, 0.1) is 12.3 Å². The Morgan fingerprint density at radius 2 is 2.22 bits per heavy atom. The Balaban J connectivity index is 3.62. The highest BCUT2D eigenvalue weighted by atomic mass is 32.2. The van der Waals surface area contributed by atoms with Crippen molar-refractivity contribution in [1.29, 1.82) is 0 Å². The average molecular weight is 274 g/mol. The summed E-state index contributed by atoms with van der Waals surface area (Å²) < 4.78 is 4.92. The molecule has 1 unspecified atom stereocenters. The molecule has 0 aromatic heterocycles. The van der Waals surface area contributed by atoms with E-state index in [1.165, 1.54) is 7.11 Å². The highest BCUT2D eigenvalue weighted by Crippen LogP contribution is 1.96. The minimum absolute atomic E-state index is 0.144. The van der Waals surface area contributed by atoms with Crippen molar-refractivity contribution in [2.24, 2.45) is 0 Å². The number of amides is 2. The van der Waals surface area contributed by atoms with Crippen molar-refractivity contribution in [2.75, 3.05) is 31.7 Å². The zero-order chi connectivity index (χ0) is 13.8. The van der Waals surface area contributed by atoms with Gasteiger partial charge < -0.3 is 20.5 Å². The van der Waals surface area contributed by atoms with Crippen molar-refractivity contribution < 1.29 is 19.4 Å². The molecule has 0 aliphatic carbocycles. The molecule has 0 saturated heterocycles. The summed E-state index contributed by atoms with van der Waals surface area (Å²) in [5, 5.41) is 13.8. The van der Waals surface area contributed by atoms with E-state index in [0.717, 1.165) is 5.75 Å². The van der Waals surface area contributed by atoms with E-state index in [1.54, 1.807) is 11.8 Å². The van der Waals surface area contributed by atoms with Gasteiger partial charge in [-0.05, 0) is 0 Å². The summed E-state index contributed by atoms with van der Waals surface area (Å²) in [5.74, 6) is 2.88. The van der Waals surface area contributed by atoms with Gasteiger partial charge in [0.15, 0.2) is 0 Å². The first-order valence-electron chi connectivity index (χ1n) is 5.37. The van der Waals surface area contributed by atoms with Crippen LogP contribution in [0.3, 0.4) is 0 Å². The molecule has 0 aliphatic rings. The summed E-state index contributed by atoms with van der Waals surface area (Å²) in [6.07, 6.45) is 4.41. The topological polar surface area (TPSA) is 87.7 Å². The summed E-state index contributed by atoms with van der Waals surface area (Å²) in [7, 11) is 1.41. The quantitative estimate of drug-likeness (QED) is 0.411. The zero-order valence-corrected chi connectivity index (χ0v) is 11.1. The Morgan fingerprint density at radius 1 is 1.50 bits per heavy atom. The van der Waals surface area contributed by atoms with E-state index in [4.69, 9.17) is 16.3 Å². The van der Waals surface area contributed by atoms with Crippen molar-refractivity contribution in [2.45, 2.75) is 12.5 Å². The molecule has 102 valence electrons. The molecule has 0 radical (unpaired) electrons. The third kappa shape index (κ3) is 9.81. The van der Waals surface area contributed by atoms with Crippen molar-refractivity contribution in [3.63, 3.8) is 0 Å². The standard InChI is InChI=1S/C11H18N2O4S/c1-3-5-18-6-4-12-11(16)13-8-9(17-2)7-10(14)15/h1,9H,4-8H2,2H3,(H,14,15)(H2,12,13,16). The second-order valence-electron chi connectivity index (χ2n) is 3.35. The first-order chi connectivity index (χ1) is 8.60. The van der Waals surface area contributed by atoms with Gasteiger partial charge in [0.25, 0.3) is 0 Å². The number of urea groups is 1. The number of rotatable bonds is 9. The normalized spacial score (nSPS) is 11.3. The highest BCUT2D eigenvalue weighted by molar-refractivity contribution is 7.99. The molecular weight excluding hydrogens is 256 g/mol. The predicted molar refractivity (Wildman–Crippen MR) is 70.6 cm³/mol. The molecule has 1 atom stereocenters. The van der Waals surface area contributed by atoms with Gasteiger partial charge in [0.2, 0.25) is 0 Å². The van der Waals surface area contributed by atoms with E-state index in [-0.39, 0.29) is 19.0 Å². The Bertz CT molecular complexity index is 304. The van der Waals surface area contributed by atoms with E-state index in [0.29, 0.717) is 12.3 Å². The van der Waals surface area contributed by atoms with Crippen LogP contribution in [0.25, 0.3) is 0 Å². The number of methoxy groups -OCH3 is 1. The number of thioether (sulfide) groups is 1. The fourth-order valence-corrected chi connectivity index (χ4v) is 1.58. The molecule has 0 aromatic rings. The fraction of sp³-hybridized carbons (Fsp3) is 0.636. The van der Waals surface area contributed by atoms with Crippen LogP contribution in [0.2, 0.25) is 0 Å². The molecule has 0 bridgehead atoms. The van der Waals surface area contributed by atoms with Gasteiger partial charge in [-0.3, -0.25) is 4.79 Å². The number of hydrogen-bond donors (Lipinski definition) is 3. The molecule has 0 aliphatic heterocycles. The van der Waals surface area contributed by atoms with Gasteiger partial charge >= 0.3 is 12.0 Å². The first kappa shape index (κ1) is 16.6. The second kappa shape index (κ2) is 10.7. The van der Waals surface area contributed by atoms with Crippen LogP contribution in [0.15, 0.2) is 0 Å². The van der Waals surface area contributed by atoms with Gasteiger partial charge in [0, 0.05) is 26.0 Å². The molecule has 7 heteroatoms. The Hall–Kier alpha value is -1.39. The molecule has 0 aromatic carbocycles. The number of carbonyl (C=O) groups excluding carboxylic acids is 1. The molecule has 6 nitrogen and oxygen atoms in total. The van der Waals surface area contributed by atoms with Crippen molar-refractivity contribution >= 4 is 23.8 Å². The molecular formula is C11H18N2O4S. The van der Waals surface area contributed by atoms with Gasteiger partial charge in [-0.15, -0.1) is 18.2 Å². The molecule has 2 amide bonds. The summed E-state index contributed by atoms with van der Waals surface area (Å²) in [6, 6.07) is -0.344.